The van der Waals surface area contributed by atoms with E-state index in [2.05, 4.69) is 20.8 Å². The van der Waals surface area contributed by atoms with Crippen molar-refractivity contribution in [3.05, 3.63) is 0 Å². The molecule has 0 heterocycles. The highest BCUT2D eigenvalue weighted by molar-refractivity contribution is 5.74. The molecular weight excluding hydrogens is 192 g/mol. The fraction of sp³-hybridized carbons (Fsp3) is 0.917. The Bertz CT molecular complexity index is 147. The summed E-state index contributed by atoms with van der Waals surface area (Å²) in [6.07, 6.45) is 1.65. The topological polar surface area (TPSA) is 35.5 Å². The highest BCUT2D eigenvalue weighted by Gasteiger charge is 2.08. The van der Waals surface area contributed by atoms with Crippen molar-refractivity contribution in [2.24, 2.45) is 0 Å². The molecule has 0 amide bonds. The molecule has 0 spiro atoms. The van der Waals surface area contributed by atoms with Crippen molar-refractivity contribution in [1.82, 2.24) is 0 Å². The molecule has 0 aliphatic carbocycles. The molecule has 92 valence electrons. The number of carbonyl (C=O) groups is 1. The van der Waals surface area contributed by atoms with Gasteiger partial charge in [0.25, 0.3) is 0 Å². The average Bonchev–Trinajstić information content (AvgIpc) is 2.12. The molecular formula is C12H26O3. The number of carbonyl (C=O) groups excluding carboxylic acids is 1. The molecule has 0 bridgehead atoms. The maximum absolute atomic E-state index is 9.81. The third-order valence-corrected chi connectivity index (χ3v) is 1.53. The number of hydrogen-bond donors (Lipinski definition) is 0. The van der Waals surface area contributed by atoms with Gasteiger partial charge in [-0.05, 0) is 34.1 Å². The third kappa shape index (κ3) is 24.7. The van der Waals surface area contributed by atoms with Crippen LogP contribution in [0.15, 0.2) is 0 Å². The molecule has 0 rings (SSSR count). The number of ether oxygens (including phenoxy) is 2. The Labute approximate surface area is 94.1 Å². The summed E-state index contributed by atoms with van der Waals surface area (Å²) in [5, 5.41) is 0. The van der Waals surface area contributed by atoms with E-state index >= 15 is 0 Å². The second-order valence-corrected chi connectivity index (χ2v) is 4.36. The maximum atomic E-state index is 9.81. The van der Waals surface area contributed by atoms with Crippen LogP contribution in [-0.4, -0.2) is 31.7 Å². The van der Waals surface area contributed by atoms with Gasteiger partial charge in [0.2, 0.25) is 0 Å². The molecule has 0 unspecified atom stereocenters. The molecule has 3 heteroatoms. The van der Waals surface area contributed by atoms with Gasteiger partial charge in [0.05, 0.1) is 5.60 Å². The lowest BCUT2D eigenvalue weighted by atomic mass is 10.2. The van der Waals surface area contributed by atoms with Crippen LogP contribution in [0.3, 0.4) is 0 Å². The molecule has 0 N–H and O–H groups in total. The molecule has 0 saturated carbocycles. The zero-order valence-corrected chi connectivity index (χ0v) is 11.1. The van der Waals surface area contributed by atoms with E-state index in [1.54, 1.807) is 14.0 Å². The van der Waals surface area contributed by atoms with Crippen LogP contribution in [-0.2, 0) is 14.3 Å². The number of ketones is 1. The van der Waals surface area contributed by atoms with Crippen molar-refractivity contribution in [2.75, 3.05) is 20.3 Å². The SMILES string of the molecule is CCC(C)=O.COCCCOC(C)(C)C. The van der Waals surface area contributed by atoms with Crippen molar-refractivity contribution >= 4 is 5.78 Å². The molecule has 0 radical (unpaired) electrons. The van der Waals surface area contributed by atoms with Crippen molar-refractivity contribution in [3.8, 4) is 0 Å². The van der Waals surface area contributed by atoms with E-state index in [0.717, 1.165) is 19.6 Å². The van der Waals surface area contributed by atoms with Gasteiger partial charge in [-0.15, -0.1) is 0 Å². The van der Waals surface area contributed by atoms with Gasteiger partial charge in [-0.2, -0.15) is 0 Å². The first-order valence-electron chi connectivity index (χ1n) is 5.45. The van der Waals surface area contributed by atoms with Gasteiger partial charge in [-0.1, -0.05) is 6.92 Å². The first-order chi connectivity index (χ1) is 6.83. The summed E-state index contributed by atoms with van der Waals surface area (Å²) in [6.45, 7) is 11.2. The van der Waals surface area contributed by atoms with Gasteiger partial charge in [0, 0.05) is 26.7 Å². The Morgan fingerprint density at radius 1 is 1.20 bits per heavy atom. The second-order valence-electron chi connectivity index (χ2n) is 4.36. The van der Waals surface area contributed by atoms with Crippen LogP contribution in [0.2, 0.25) is 0 Å². The second kappa shape index (κ2) is 10.1. The van der Waals surface area contributed by atoms with E-state index < -0.39 is 0 Å². The molecule has 0 aromatic rings. The first kappa shape index (κ1) is 17.0. The van der Waals surface area contributed by atoms with Gasteiger partial charge < -0.3 is 14.3 Å². The van der Waals surface area contributed by atoms with Crippen LogP contribution in [0.5, 0.6) is 0 Å². The Kier molecular flexibility index (Phi) is 11.5. The fourth-order valence-corrected chi connectivity index (χ4v) is 0.582. The van der Waals surface area contributed by atoms with Gasteiger partial charge in [-0.25, -0.2) is 0 Å². The maximum Gasteiger partial charge on any atom is 0.129 e. The monoisotopic (exact) mass is 218 g/mol. The first-order valence-corrected chi connectivity index (χ1v) is 5.45. The van der Waals surface area contributed by atoms with Crippen LogP contribution in [0.1, 0.15) is 47.5 Å². The van der Waals surface area contributed by atoms with E-state index in [0.29, 0.717) is 6.42 Å². The summed E-state index contributed by atoms with van der Waals surface area (Å²) in [5.41, 5.74) is -0.00621. The average molecular weight is 218 g/mol. The minimum absolute atomic E-state index is 0.00621. The lowest BCUT2D eigenvalue weighted by molar-refractivity contribution is -0.116. The van der Waals surface area contributed by atoms with E-state index in [-0.39, 0.29) is 11.4 Å². The quantitative estimate of drug-likeness (QED) is 0.666. The fourth-order valence-electron chi connectivity index (χ4n) is 0.582. The largest absolute Gasteiger partial charge is 0.385 e. The molecule has 15 heavy (non-hydrogen) atoms. The number of methoxy groups -OCH3 is 1. The van der Waals surface area contributed by atoms with Crippen LogP contribution in [0.4, 0.5) is 0 Å². The molecule has 0 fully saturated rings. The molecule has 0 aliphatic heterocycles. The molecule has 0 aromatic carbocycles. The van der Waals surface area contributed by atoms with Crippen molar-refractivity contribution in [3.63, 3.8) is 0 Å². The van der Waals surface area contributed by atoms with Crippen molar-refractivity contribution in [1.29, 1.82) is 0 Å². The molecule has 0 aromatic heterocycles. The highest BCUT2D eigenvalue weighted by Crippen LogP contribution is 2.06. The molecule has 0 saturated heterocycles. The zero-order valence-electron chi connectivity index (χ0n) is 11.1. The normalized spacial score (nSPS) is 10.5. The number of hydrogen-bond acceptors (Lipinski definition) is 3. The summed E-state index contributed by atoms with van der Waals surface area (Å²) >= 11 is 0. The van der Waals surface area contributed by atoms with Crippen LogP contribution in [0, 0.1) is 0 Å². The van der Waals surface area contributed by atoms with Crippen LogP contribution in [0.25, 0.3) is 0 Å². The van der Waals surface area contributed by atoms with E-state index in [4.69, 9.17) is 9.47 Å². The van der Waals surface area contributed by atoms with Crippen molar-refractivity contribution < 1.29 is 14.3 Å². The summed E-state index contributed by atoms with van der Waals surface area (Å²) in [6, 6.07) is 0. The number of Topliss-reactive ketones (excluding diaryl/α,β-unsaturated/α-hetero) is 1. The Morgan fingerprint density at radius 3 is 1.93 bits per heavy atom. The van der Waals surface area contributed by atoms with E-state index in [1.165, 1.54) is 0 Å². The Balaban J connectivity index is 0. The molecule has 3 nitrogen and oxygen atoms in total. The predicted octanol–water partition coefficient (Wildman–Crippen LogP) is 2.82. The summed E-state index contributed by atoms with van der Waals surface area (Å²) in [4.78, 5) is 9.81. The summed E-state index contributed by atoms with van der Waals surface area (Å²) < 4.78 is 10.3. The lowest BCUT2D eigenvalue weighted by Gasteiger charge is -2.18. The zero-order chi connectivity index (χ0) is 12.3. The van der Waals surface area contributed by atoms with Crippen molar-refractivity contribution in [2.45, 2.75) is 53.1 Å². The minimum atomic E-state index is -0.00621. The highest BCUT2D eigenvalue weighted by atomic mass is 16.5. The van der Waals surface area contributed by atoms with Gasteiger partial charge in [0.15, 0.2) is 0 Å². The van der Waals surface area contributed by atoms with Gasteiger partial charge in [0.1, 0.15) is 5.78 Å². The Hall–Kier alpha value is -0.410. The van der Waals surface area contributed by atoms with E-state index in [1.807, 2.05) is 6.92 Å². The smallest absolute Gasteiger partial charge is 0.129 e. The summed E-state index contributed by atoms with van der Waals surface area (Å²) in [7, 11) is 1.71. The van der Waals surface area contributed by atoms with E-state index in [9.17, 15) is 4.79 Å². The Morgan fingerprint density at radius 2 is 1.67 bits per heavy atom. The summed E-state index contributed by atoms with van der Waals surface area (Å²) in [5.74, 6) is 0.255. The predicted molar refractivity (Wildman–Crippen MR) is 63.2 cm³/mol. The minimum Gasteiger partial charge on any atom is -0.385 e. The standard InChI is InChI=1S/C8H18O2.C4H8O/c1-8(2,3)10-7-5-6-9-4;1-3-4(2)5/h5-7H2,1-4H3;3H2,1-2H3. The molecule has 0 aliphatic rings. The van der Waals surface area contributed by atoms with Crippen LogP contribution >= 0.6 is 0 Å². The van der Waals surface area contributed by atoms with Gasteiger partial charge >= 0.3 is 0 Å². The third-order valence-electron chi connectivity index (χ3n) is 1.53. The van der Waals surface area contributed by atoms with Crippen LogP contribution < -0.4 is 0 Å². The lowest BCUT2D eigenvalue weighted by Crippen LogP contribution is -2.20. The number of rotatable bonds is 5. The van der Waals surface area contributed by atoms with Gasteiger partial charge in [-0.3, -0.25) is 0 Å². The molecule has 0 atom stereocenters.